The molecular formula is C15H17NO2. The summed E-state index contributed by atoms with van der Waals surface area (Å²) in [6.45, 7) is 2.02. The average Bonchev–Trinajstić information content (AvgIpc) is 2.39. The third-order valence-corrected chi connectivity index (χ3v) is 3.65. The van der Waals surface area contributed by atoms with Crippen molar-refractivity contribution in [3.8, 4) is 11.5 Å². The average molecular weight is 243 g/mol. The molecule has 0 bridgehead atoms. The summed E-state index contributed by atoms with van der Waals surface area (Å²) in [6.07, 6.45) is 0.918. The maximum Gasteiger partial charge on any atom is 0.123 e. The molecule has 2 atom stereocenters. The lowest BCUT2D eigenvalue weighted by Gasteiger charge is -2.29. The summed E-state index contributed by atoms with van der Waals surface area (Å²) in [4.78, 5) is 0. The van der Waals surface area contributed by atoms with E-state index in [0.717, 1.165) is 17.9 Å². The van der Waals surface area contributed by atoms with Gasteiger partial charge in [-0.3, -0.25) is 0 Å². The number of hydrogen-bond donors (Lipinski definition) is 1. The summed E-state index contributed by atoms with van der Waals surface area (Å²) >= 11 is 0. The van der Waals surface area contributed by atoms with Crippen LogP contribution in [0.3, 0.4) is 0 Å². The first-order valence-corrected chi connectivity index (χ1v) is 6.21. The highest BCUT2D eigenvalue weighted by molar-refractivity contribution is 5.89. The Hall–Kier alpha value is -1.74. The molecule has 0 fully saturated rings. The van der Waals surface area contributed by atoms with E-state index in [1.54, 1.807) is 7.11 Å². The zero-order valence-electron chi connectivity index (χ0n) is 10.6. The third-order valence-electron chi connectivity index (χ3n) is 3.65. The molecule has 3 rings (SSSR count). The fourth-order valence-corrected chi connectivity index (χ4v) is 2.48. The van der Waals surface area contributed by atoms with E-state index in [1.165, 1.54) is 16.3 Å². The Labute approximate surface area is 106 Å². The molecule has 3 heteroatoms. The Morgan fingerprint density at radius 1 is 1.28 bits per heavy atom. The summed E-state index contributed by atoms with van der Waals surface area (Å²) in [6, 6.07) is 10.3. The molecule has 1 heterocycles. The highest BCUT2D eigenvalue weighted by Crippen LogP contribution is 2.35. The van der Waals surface area contributed by atoms with Crippen LogP contribution >= 0.6 is 0 Å². The molecule has 0 aliphatic carbocycles. The van der Waals surface area contributed by atoms with Crippen LogP contribution in [0.15, 0.2) is 30.3 Å². The minimum Gasteiger partial charge on any atom is -0.497 e. The fourth-order valence-electron chi connectivity index (χ4n) is 2.48. The number of hydrogen-bond acceptors (Lipinski definition) is 3. The van der Waals surface area contributed by atoms with E-state index in [9.17, 15) is 0 Å². The summed E-state index contributed by atoms with van der Waals surface area (Å²) in [5, 5.41) is 2.37. The number of fused-ring (bicyclic) bond motifs is 3. The van der Waals surface area contributed by atoms with Crippen molar-refractivity contribution in [1.82, 2.24) is 0 Å². The topological polar surface area (TPSA) is 44.5 Å². The van der Waals surface area contributed by atoms with Crippen LogP contribution in [0.1, 0.15) is 12.5 Å². The van der Waals surface area contributed by atoms with Crippen LogP contribution in [0, 0.1) is 0 Å². The van der Waals surface area contributed by atoms with Crippen molar-refractivity contribution in [2.45, 2.75) is 25.5 Å². The van der Waals surface area contributed by atoms with Crippen molar-refractivity contribution in [2.75, 3.05) is 7.11 Å². The molecular weight excluding hydrogens is 226 g/mol. The molecule has 3 nitrogen and oxygen atoms in total. The molecule has 2 N–H and O–H groups in total. The largest absolute Gasteiger partial charge is 0.497 e. The van der Waals surface area contributed by atoms with Crippen molar-refractivity contribution < 1.29 is 9.47 Å². The Morgan fingerprint density at radius 2 is 2.06 bits per heavy atom. The first-order valence-electron chi connectivity index (χ1n) is 6.21. The van der Waals surface area contributed by atoms with Gasteiger partial charge in [0, 0.05) is 11.6 Å². The number of methoxy groups -OCH3 is 1. The van der Waals surface area contributed by atoms with Crippen molar-refractivity contribution >= 4 is 10.8 Å². The van der Waals surface area contributed by atoms with Crippen LogP contribution < -0.4 is 15.2 Å². The van der Waals surface area contributed by atoms with Crippen molar-refractivity contribution in [1.29, 1.82) is 0 Å². The lowest BCUT2D eigenvalue weighted by molar-refractivity contribution is 0.170. The van der Waals surface area contributed by atoms with Crippen molar-refractivity contribution in [2.24, 2.45) is 5.73 Å². The molecule has 94 valence electrons. The van der Waals surface area contributed by atoms with Gasteiger partial charge in [-0.15, -0.1) is 0 Å². The Balaban J connectivity index is 2.21. The van der Waals surface area contributed by atoms with E-state index >= 15 is 0 Å². The summed E-state index contributed by atoms with van der Waals surface area (Å²) < 4.78 is 11.1. The molecule has 0 spiro atoms. The predicted octanol–water partition coefficient (Wildman–Crippen LogP) is 2.50. The van der Waals surface area contributed by atoms with Gasteiger partial charge in [-0.05, 0) is 42.3 Å². The lowest BCUT2D eigenvalue weighted by atomic mass is 9.93. The smallest absolute Gasteiger partial charge is 0.123 e. The highest BCUT2D eigenvalue weighted by atomic mass is 16.5. The molecule has 2 unspecified atom stereocenters. The summed E-state index contributed by atoms with van der Waals surface area (Å²) in [5.41, 5.74) is 7.29. The van der Waals surface area contributed by atoms with Crippen LogP contribution in [0.5, 0.6) is 11.5 Å². The second-order valence-corrected chi connectivity index (χ2v) is 4.82. The Bertz CT molecular complexity index is 594. The summed E-state index contributed by atoms with van der Waals surface area (Å²) in [5.74, 6) is 1.81. The standard InChI is InChI=1S/C15H17NO2/c1-9-14(16)8-13-12-7-11(17-2)5-3-10(12)4-6-15(13)18-9/h3-7,9,14H,8,16H2,1-2H3. The van der Waals surface area contributed by atoms with Gasteiger partial charge in [-0.25, -0.2) is 0 Å². The van der Waals surface area contributed by atoms with Gasteiger partial charge in [0.15, 0.2) is 0 Å². The molecule has 0 amide bonds. The van der Waals surface area contributed by atoms with Gasteiger partial charge in [0.25, 0.3) is 0 Å². The van der Waals surface area contributed by atoms with Crippen molar-refractivity contribution in [3.05, 3.63) is 35.9 Å². The molecule has 0 radical (unpaired) electrons. The Kier molecular flexibility index (Phi) is 2.63. The number of rotatable bonds is 1. The zero-order valence-corrected chi connectivity index (χ0v) is 10.6. The fraction of sp³-hybridized carbons (Fsp3) is 0.333. The van der Waals surface area contributed by atoms with Crippen molar-refractivity contribution in [3.63, 3.8) is 0 Å². The third kappa shape index (κ3) is 1.71. The second kappa shape index (κ2) is 4.18. The second-order valence-electron chi connectivity index (χ2n) is 4.82. The van der Waals surface area contributed by atoms with Gasteiger partial charge in [-0.1, -0.05) is 12.1 Å². The van der Waals surface area contributed by atoms with E-state index in [1.807, 2.05) is 19.1 Å². The highest BCUT2D eigenvalue weighted by Gasteiger charge is 2.25. The molecule has 2 aromatic carbocycles. The van der Waals surface area contributed by atoms with Crippen LogP contribution in [-0.4, -0.2) is 19.3 Å². The van der Waals surface area contributed by atoms with E-state index in [0.29, 0.717) is 0 Å². The number of benzene rings is 2. The Morgan fingerprint density at radius 3 is 2.83 bits per heavy atom. The minimum absolute atomic E-state index is 0.0503. The van der Waals surface area contributed by atoms with Gasteiger partial charge >= 0.3 is 0 Å². The van der Waals surface area contributed by atoms with Crippen LogP contribution in [-0.2, 0) is 6.42 Å². The molecule has 18 heavy (non-hydrogen) atoms. The normalized spacial score (nSPS) is 22.4. The maximum atomic E-state index is 6.10. The first kappa shape index (κ1) is 11.4. The SMILES string of the molecule is COc1ccc2ccc3c(c2c1)CC(N)C(C)O3. The van der Waals surface area contributed by atoms with E-state index in [-0.39, 0.29) is 12.1 Å². The number of nitrogens with two attached hydrogens (primary N) is 1. The minimum atomic E-state index is 0.0503. The van der Waals surface area contributed by atoms with E-state index < -0.39 is 0 Å². The monoisotopic (exact) mass is 243 g/mol. The molecule has 0 saturated heterocycles. The molecule has 0 saturated carbocycles. The van der Waals surface area contributed by atoms with Gasteiger partial charge in [0.05, 0.1) is 7.11 Å². The van der Waals surface area contributed by atoms with Crippen LogP contribution in [0.2, 0.25) is 0 Å². The van der Waals surface area contributed by atoms with Crippen LogP contribution in [0.25, 0.3) is 10.8 Å². The lowest BCUT2D eigenvalue weighted by Crippen LogP contribution is -2.41. The number of ether oxygens (including phenoxy) is 2. The van der Waals surface area contributed by atoms with Gasteiger partial charge in [0.2, 0.25) is 0 Å². The zero-order chi connectivity index (χ0) is 12.7. The van der Waals surface area contributed by atoms with Gasteiger partial charge in [0.1, 0.15) is 17.6 Å². The summed E-state index contributed by atoms with van der Waals surface area (Å²) in [7, 11) is 1.68. The predicted molar refractivity (Wildman–Crippen MR) is 72.3 cm³/mol. The van der Waals surface area contributed by atoms with E-state index in [2.05, 4.69) is 18.2 Å². The molecule has 0 aromatic heterocycles. The maximum absolute atomic E-state index is 6.10. The van der Waals surface area contributed by atoms with Gasteiger partial charge < -0.3 is 15.2 Å². The van der Waals surface area contributed by atoms with E-state index in [4.69, 9.17) is 15.2 Å². The molecule has 1 aliphatic rings. The van der Waals surface area contributed by atoms with Gasteiger partial charge in [-0.2, -0.15) is 0 Å². The van der Waals surface area contributed by atoms with Crippen LogP contribution in [0.4, 0.5) is 0 Å². The quantitative estimate of drug-likeness (QED) is 0.837. The molecule has 1 aliphatic heterocycles. The first-order chi connectivity index (χ1) is 8.69. The molecule has 2 aromatic rings.